The molecule has 0 spiro atoms. The topological polar surface area (TPSA) is 75.7 Å². The number of ether oxygens (including phenoxy) is 1. The van der Waals surface area contributed by atoms with E-state index in [4.69, 9.17) is 4.74 Å². The third-order valence-corrected chi connectivity index (χ3v) is 5.43. The number of anilines is 1. The zero-order chi connectivity index (χ0) is 20.2. The number of nitrogens with one attached hydrogen (secondary N) is 1. The van der Waals surface area contributed by atoms with Crippen LogP contribution < -0.4 is 14.4 Å². The van der Waals surface area contributed by atoms with Gasteiger partial charge in [0.25, 0.3) is 0 Å². The minimum atomic E-state index is -3.61. The molecule has 0 heterocycles. The highest BCUT2D eigenvalue weighted by molar-refractivity contribution is 7.92. The Kier molecular flexibility index (Phi) is 6.49. The number of nitrogens with zero attached hydrogens (tertiary/aromatic N) is 1. The third kappa shape index (κ3) is 5.23. The molecule has 1 atom stereocenters. The Bertz CT molecular complexity index is 925. The number of rotatable bonds is 7. The van der Waals surface area contributed by atoms with Gasteiger partial charge >= 0.3 is 0 Å². The van der Waals surface area contributed by atoms with E-state index in [-0.39, 0.29) is 18.5 Å². The number of para-hydroxylation sites is 1. The molecule has 0 fully saturated rings. The van der Waals surface area contributed by atoms with Crippen LogP contribution in [0.4, 0.5) is 5.69 Å². The number of carbonyl (C=O) groups is 1. The molecule has 0 radical (unpaired) electrons. The summed E-state index contributed by atoms with van der Waals surface area (Å²) in [5, 5.41) is 2.86. The third-order valence-electron chi connectivity index (χ3n) is 4.30. The fourth-order valence-electron chi connectivity index (χ4n) is 2.91. The van der Waals surface area contributed by atoms with E-state index < -0.39 is 10.0 Å². The summed E-state index contributed by atoms with van der Waals surface area (Å²) in [7, 11) is -2.03. The van der Waals surface area contributed by atoms with Crippen LogP contribution in [0.1, 0.15) is 29.7 Å². The molecular formula is C20H26N2O4S. The molecule has 0 aliphatic heterocycles. The van der Waals surface area contributed by atoms with Gasteiger partial charge in [-0.25, -0.2) is 8.42 Å². The van der Waals surface area contributed by atoms with Crippen molar-refractivity contribution < 1.29 is 17.9 Å². The second-order valence-corrected chi connectivity index (χ2v) is 8.50. The molecule has 0 bridgehead atoms. The summed E-state index contributed by atoms with van der Waals surface area (Å²) >= 11 is 0. The maximum Gasteiger partial charge on any atom is 0.241 e. The first-order valence-electron chi connectivity index (χ1n) is 8.60. The summed E-state index contributed by atoms with van der Waals surface area (Å²) in [6.45, 7) is 5.32. The number of sulfonamides is 1. The Morgan fingerprint density at radius 1 is 1.19 bits per heavy atom. The van der Waals surface area contributed by atoms with Gasteiger partial charge in [0.1, 0.15) is 12.3 Å². The molecular weight excluding hydrogens is 364 g/mol. The van der Waals surface area contributed by atoms with Gasteiger partial charge in [0.05, 0.1) is 25.1 Å². The average Bonchev–Trinajstić information content (AvgIpc) is 2.59. The number of methoxy groups -OCH3 is 1. The monoisotopic (exact) mass is 390 g/mol. The molecule has 7 heteroatoms. The zero-order valence-electron chi connectivity index (χ0n) is 16.3. The van der Waals surface area contributed by atoms with Crippen molar-refractivity contribution in [2.24, 2.45) is 0 Å². The van der Waals surface area contributed by atoms with Gasteiger partial charge in [0, 0.05) is 5.56 Å². The van der Waals surface area contributed by atoms with E-state index in [0.717, 1.165) is 27.3 Å². The van der Waals surface area contributed by atoms with Gasteiger partial charge < -0.3 is 10.1 Å². The van der Waals surface area contributed by atoms with Crippen LogP contribution in [0.2, 0.25) is 0 Å². The van der Waals surface area contributed by atoms with E-state index in [2.05, 4.69) is 5.32 Å². The average molecular weight is 391 g/mol. The summed E-state index contributed by atoms with van der Waals surface area (Å²) < 4.78 is 31.0. The van der Waals surface area contributed by atoms with Gasteiger partial charge in [-0.3, -0.25) is 9.10 Å². The zero-order valence-corrected chi connectivity index (χ0v) is 17.1. The fraction of sp³-hybridized carbons (Fsp3) is 0.350. The van der Waals surface area contributed by atoms with Crippen molar-refractivity contribution in [3.63, 3.8) is 0 Å². The normalized spacial score (nSPS) is 12.3. The Morgan fingerprint density at radius 2 is 1.85 bits per heavy atom. The summed E-state index contributed by atoms with van der Waals surface area (Å²) in [5.41, 5.74) is 3.16. The van der Waals surface area contributed by atoms with Crippen LogP contribution in [0.25, 0.3) is 0 Å². The molecule has 2 rings (SSSR count). The van der Waals surface area contributed by atoms with Crippen LogP contribution in [0, 0.1) is 13.8 Å². The predicted molar refractivity (Wildman–Crippen MR) is 108 cm³/mol. The molecule has 146 valence electrons. The Hall–Kier alpha value is -2.54. The highest BCUT2D eigenvalue weighted by atomic mass is 32.2. The lowest BCUT2D eigenvalue weighted by molar-refractivity contribution is -0.120. The van der Waals surface area contributed by atoms with E-state index in [1.807, 2.05) is 51.1 Å². The second-order valence-electron chi connectivity index (χ2n) is 6.59. The molecule has 6 nitrogen and oxygen atoms in total. The van der Waals surface area contributed by atoms with Crippen molar-refractivity contribution in [3.8, 4) is 5.75 Å². The lowest BCUT2D eigenvalue weighted by Gasteiger charge is -2.25. The molecule has 2 aromatic rings. The molecule has 0 saturated heterocycles. The molecule has 0 saturated carbocycles. The number of benzene rings is 2. The Morgan fingerprint density at radius 3 is 2.44 bits per heavy atom. The van der Waals surface area contributed by atoms with E-state index >= 15 is 0 Å². The molecule has 2 aromatic carbocycles. The van der Waals surface area contributed by atoms with Gasteiger partial charge in [-0.1, -0.05) is 35.9 Å². The SMILES string of the molecule is COc1ccc(C)cc1[C@H](C)NC(=O)CN(c1ccccc1C)S(C)(=O)=O. The van der Waals surface area contributed by atoms with E-state index in [0.29, 0.717) is 11.4 Å². The number of hydrogen-bond acceptors (Lipinski definition) is 4. The van der Waals surface area contributed by atoms with Crippen molar-refractivity contribution in [2.45, 2.75) is 26.8 Å². The van der Waals surface area contributed by atoms with Gasteiger partial charge in [0.15, 0.2) is 0 Å². The molecule has 0 aromatic heterocycles. The number of aryl methyl sites for hydroxylation is 2. The minimum absolute atomic E-state index is 0.290. The summed E-state index contributed by atoms with van der Waals surface area (Å²) in [4.78, 5) is 12.6. The lowest BCUT2D eigenvalue weighted by atomic mass is 10.0. The van der Waals surface area contributed by atoms with E-state index in [1.54, 1.807) is 19.2 Å². The molecule has 1 amide bonds. The molecule has 27 heavy (non-hydrogen) atoms. The van der Waals surface area contributed by atoms with Crippen molar-refractivity contribution in [3.05, 3.63) is 59.2 Å². The van der Waals surface area contributed by atoms with E-state index in [9.17, 15) is 13.2 Å². The maximum absolute atomic E-state index is 12.6. The highest BCUT2D eigenvalue weighted by Crippen LogP contribution is 2.26. The molecule has 0 unspecified atom stereocenters. The predicted octanol–water partition coefficient (Wildman–Crippen LogP) is 2.96. The Labute approximate surface area is 161 Å². The lowest BCUT2D eigenvalue weighted by Crippen LogP contribution is -2.41. The van der Waals surface area contributed by atoms with Crippen LogP contribution >= 0.6 is 0 Å². The first-order chi connectivity index (χ1) is 12.6. The molecule has 0 aliphatic rings. The first-order valence-corrected chi connectivity index (χ1v) is 10.5. The fourth-order valence-corrected chi connectivity index (χ4v) is 3.83. The highest BCUT2D eigenvalue weighted by Gasteiger charge is 2.23. The van der Waals surface area contributed by atoms with Crippen LogP contribution in [-0.2, 0) is 14.8 Å². The van der Waals surface area contributed by atoms with Gasteiger partial charge in [0.2, 0.25) is 15.9 Å². The van der Waals surface area contributed by atoms with Crippen LogP contribution in [0.15, 0.2) is 42.5 Å². The number of hydrogen-bond donors (Lipinski definition) is 1. The van der Waals surface area contributed by atoms with E-state index in [1.165, 1.54) is 0 Å². The van der Waals surface area contributed by atoms with Crippen molar-refractivity contribution in [1.82, 2.24) is 5.32 Å². The summed E-state index contributed by atoms with van der Waals surface area (Å²) in [5.74, 6) is 0.284. The summed E-state index contributed by atoms with van der Waals surface area (Å²) in [6.07, 6.45) is 1.10. The van der Waals surface area contributed by atoms with Crippen molar-refractivity contribution in [2.75, 3.05) is 24.2 Å². The van der Waals surface area contributed by atoms with Crippen molar-refractivity contribution in [1.29, 1.82) is 0 Å². The molecule has 0 aliphatic carbocycles. The van der Waals surface area contributed by atoms with Crippen molar-refractivity contribution >= 4 is 21.6 Å². The summed E-state index contributed by atoms with van der Waals surface area (Å²) in [6, 6.07) is 12.5. The van der Waals surface area contributed by atoms with Crippen LogP contribution in [0.3, 0.4) is 0 Å². The number of amides is 1. The standard InChI is InChI=1S/C20H26N2O4S/c1-14-10-11-19(26-4)17(12-14)16(3)21-20(23)13-22(27(5,24)25)18-9-7-6-8-15(18)2/h6-12,16H,13H2,1-5H3,(H,21,23)/t16-/m0/s1. The van der Waals surface area contributed by atoms with Crippen LogP contribution in [0.5, 0.6) is 5.75 Å². The Balaban J connectivity index is 2.22. The van der Waals surface area contributed by atoms with Gasteiger partial charge in [-0.05, 0) is 38.5 Å². The molecule has 1 N–H and O–H groups in total. The number of carbonyl (C=O) groups excluding carboxylic acids is 1. The smallest absolute Gasteiger partial charge is 0.241 e. The van der Waals surface area contributed by atoms with Crippen LogP contribution in [-0.4, -0.2) is 34.2 Å². The van der Waals surface area contributed by atoms with Gasteiger partial charge in [-0.2, -0.15) is 0 Å². The quantitative estimate of drug-likeness (QED) is 0.789. The first kappa shape index (κ1) is 20.8. The largest absolute Gasteiger partial charge is 0.496 e. The minimum Gasteiger partial charge on any atom is -0.496 e. The second kappa shape index (κ2) is 8.43. The van der Waals surface area contributed by atoms with Gasteiger partial charge in [-0.15, -0.1) is 0 Å². The maximum atomic E-state index is 12.6.